The summed E-state index contributed by atoms with van der Waals surface area (Å²) >= 11 is 0. The van der Waals surface area contributed by atoms with Crippen LogP contribution in [0.25, 0.3) is 0 Å². The summed E-state index contributed by atoms with van der Waals surface area (Å²) in [4.78, 5) is 6.75. The molecule has 1 aliphatic rings. The molecule has 1 saturated heterocycles. The summed E-state index contributed by atoms with van der Waals surface area (Å²) in [5.74, 6) is 2.60. The topological polar surface area (TPSA) is 69.9 Å². The first kappa shape index (κ1) is 18.7. The number of rotatable bonds is 9. The fourth-order valence-electron chi connectivity index (χ4n) is 2.95. The van der Waals surface area contributed by atoms with E-state index < -0.39 is 0 Å². The SMILES string of the molecule is CCCc1ccc(OCc2noc(CCN3CCOCC3)n2)c(OC)c1. The molecule has 0 spiro atoms. The molecule has 7 heteroatoms. The zero-order valence-electron chi connectivity index (χ0n) is 15.6. The van der Waals surface area contributed by atoms with Crippen LogP contribution in [0.4, 0.5) is 0 Å². The third-order valence-corrected chi connectivity index (χ3v) is 4.38. The number of morpholine rings is 1. The Labute approximate surface area is 154 Å². The van der Waals surface area contributed by atoms with Gasteiger partial charge in [0.1, 0.15) is 0 Å². The van der Waals surface area contributed by atoms with E-state index in [1.165, 1.54) is 5.56 Å². The van der Waals surface area contributed by atoms with Crippen LogP contribution in [0, 0.1) is 0 Å². The van der Waals surface area contributed by atoms with Gasteiger partial charge >= 0.3 is 0 Å². The number of aryl methyl sites for hydroxylation is 1. The van der Waals surface area contributed by atoms with Crippen LogP contribution < -0.4 is 9.47 Å². The molecule has 1 fully saturated rings. The molecule has 0 atom stereocenters. The number of hydrogen-bond donors (Lipinski definition) is 0. The molecule has 0 aliphatic carbocycles. The first-order valence-corrected chi connectivity index (χ1v) is 9.19. The van der Waals surface area contributed by atoms with E-state index >= 15 is 0 Å². The van der Waals surface area contributed by atoms with Crippen molar-refractivity contribution in [3.63, 3.8) is 0 Å². The van der Waals surface area contributed by atoms with E-state index in [4.69, 9.17) is 18.7 Å². The summed E-state index contributed by atoms with van der Waals surface area (Å²) in [5.41, 5.74) is 1.24. The van der Waals surface area contributed by atoms with Gasteiger partial charge in [0.15, 0.2) is 18.1 Å². The van der Waals surface area contributed by atoms with E-state index in [-0.39, 0.29) is 6.61 Å². The molecule has 3 rings (SSSR count). The van der Waals surface area contributed by atoms with E-state index in [1.807, 2.05) is 12.1 Å². The van der Waals surface area contributed by atoms with Gasteiger partial charge in [0.05, 0.1) is 20.3 Å². The first-order chi connectivity index (χ1) is 12.8. The lowest BCUT2D eigenvalue weighted by atomic mass is 10.1. The molecule has 0 radical (unpaired) electrons. The molecular formula is C19H27N3O4. The third-order valence-electron chi connectivity index (χ3n) is 4.38. The molecule has 26 heavy (non-hydrogen) atoms. The minimum Gasteiger partial charge on any atom is -0.493 e. The zero-order valence-corrected chi connectivity index (χ0v) is 15.6. The van der Waals surface area contributed by atoms with Gasteiger partial charge in [0.2, 0.25) is 11.7 Å². The van der Waals surface area contributed by atoms with Crippen LogP contribution in [-0.2, 0) is 24.2 Å². The van der Waals surface area contributed by atoms with Crippen LogP contribution in [0.1, 0.15) is 30.6 Å². The van der Waals surface area contributed by atoms with Crippen LogP contribution >= 0.6 is 0 Å². The van der Waals surface area contributed by atoms with Gasteiger partial charge in [-0.05, 0) is 24.1 Å². The molecular weight excluding hydrogens is 334 g/mol. The van der Waals surface area contributed by atoms with Crippen molar-refractivity contribution in [1.29, 1.82) is 0 Å². The molecule has 0 N–H and O–H groups in total. The number of aromatic nitrogens is 2. The maximum absolute atomic E-state index is 5.82. The van der Waals surface area contributed by atoms with Gasteiger partial charge in [0, 0.05) is 26.1 Å². The lowest BCUT2D eigenvalue weighted by Crippen LogP contribution is -2.37. The molecule has 1 aliphatic heterocycles. The van der Waals surface area contributed by atoms with Crippen molar-refractivity contribution in [2.24, 2.45) is 0 Å². The minimum absolute atomic E-state index is 0.255. The van der Waals surface area contributed by atoms with Gasteiger partial charge in [0.25, 0.3) is 0 Å². The highest BCUT2D eigenvalue weighted by Crippen LogP contribution is 2.29. The van der Waals surface area contributed by atoms with E-state index in [0.717, 1.165) is 57.9 Å². The molecule has 0 unspecified atom stereocenters. The molecule has 1 aromatic heterocycles. The molecule has 2 heterocycles. The highest BCUT2D eigenvalue weighted by atomic mass is 16.5. The number of hydrogen-bond acceptors (Lipinski definition) is 7. The van der Waals surface area contributed by atoms with Gasteiger partial charge in [-0.2, -0.15) is 4.98 Å². The van der Waals surface area contributed by atoms with Crippen molar-refractivity contribution >= 4 is 0 Å². The van der Waals surface area contributed by atoms with Gasteiger partial charge in [-0.3, -0.25) is 4.90 Å². The molecule has 0 saturated carbocycles. The van der Waals surface area contributed by atoms with Crippen LogP contribution in [0.5, 0.6) is 11.5 Å². The van der Waals surface area contributed by atoms with Crippen molar-refractivity contribution in [2.75, 3.05) is 40.0 Å². The highest BCUT2D eigenvalue weighted by molar-refractivity contribution is 5.43. The largest absolute Gasteiger partial charge is 0.493 e. The van der Waals surface area contributed by atoms with Crippen molar-refractivity contribution in [3.05, 3.63) is 35.5 Å². The number of methoxy groups -OCH3 is 1. The summed E-state index contributed by atoms with van der Waals surface area (Å²) in [6.45, 7) is 6.81. The molecule has 142 valence electrons. The van der Waals surface area contributed by atoms with E-state index in [9.17, 15) is 0 Å². The van der Waals surface area contributed by atoms with E-state index in [1.54, 1.807) is 7.11 Å². The number of ether oxygens (including phenoxy) is 3. The van der Waals surface area contributed by atoms with Crippen molar-refractivity contribution in [3.8, 4) is 11.5 Å². The van der Waals surface area contributed by atoms with Gasteiger partial charge in [-0.1, -0.05) is 24.6 Å². The Hall–Kier alpha value is -2.12. The number of benzene rings is 1. The van der Waals surface area contributed by atoms with E-state index in [0.29, 0.717) is 17.5 Å². The minimum atomic E-state index is 0.255. The maximum Gasteiger partial charge on any atom is 0.228 e. The Kier molecular flexibility index (Phi) is 6.85. The monoisotopic (exact) mass is 361 g/mol. The predicted octanol–water partition coefficient (Wildman–Crippen LogP) is 2.48. The van der Waals surface area contributed by atoms with Crippen LogP contribution in [0.3, 0.4) is 0 Å². The van der Waals surface area contributed by atoms with Gasteiger partial charge in [-0.15, -0.1) is 0 Å². The van der Waals surface area contributed by atoms with Crippen molar-refractivity contribution in [2.45, 2.75) is 32.8 Å². The fourth-order valence-corrected chi connectivity index (χ4v) is 2.95. The summed E-state index contributed by atoms with van der Waals surface area (Å²) in [6.07, 6.45) is 2.86. The Balaban J connectivity index is 1.51. The standard InChI is InChI=1S/C19H27N3O4/c1-3-4-15-5-6-16(17(13-15)23-2)25-14-18-20-19(26-21-18)7-8-22-9-11-24-12-10-22/h5-6,13H,3-4,7-12,14H2,1-2H3. The highest BCUT2D eigenvalue weighted by Gasteiger charge is 2.13. The Morgan fingerprint density at radius 3 is 2.77 bits per heavy atom. The molecule has 2 aromatic rings. The Morgan fingerprint density at radius 1 is 1.15 bits per heavy atom. The smallest absolute Gasteiger partial charge is 0.228 e. The summed E-state index contributed by atoms with van der Waals surface area (Å²) in [5, 5.41) is 4.00. The summed E-state index contributed by atoms with van der Waals surface area (Å²) in [7, 11) is 1.65. The van der Waals surface area contributed by atoms with Crippen molar-refractivity contribution < 1.29 is 18.7 Å². The summed E-state index contributed by atoms with van der Waals surface area (Å²) < 4.78 is 21.9. The second-order valence-corrected chi connectivity index (χ2v) is 6.33. The van der Waals surface area contributed by atoms with Crippen LogP contribution in [0.15, 0.2) is 22.7 Å². The van der Waals surface area contributed by atoms with Crippen molar-refractivity contribution in [1.82, 2.24) is 15.0 Å². The van der Waals surface area contributed by atoms with E-state index in [2.05, 4.69) is 28.0 Å². The molecule has 7 nitrogen and oxygen atoms in total. The lowest BCUT2D eigenvalue weighted by molar-refractivity contribution is 0.0375. The fraction of sp³-hybridized carbons (Fsp3) is 0.579. The first-order valence-electron chi connectivity index (χ1n) is 9.19. The predicted molar refractivity (Wildman–Crippen MR) is 96.6 cm³/mol. The second kappa shape index (κ2) is 9.54. The maximum atomic E-state index is 5.82. The average molecular weight is 361 g/mol. The van der Waals surface area contributed by atoms with Crippen LogP contribution in [0.2, 0.25) is 0 Å². The lowest BCUT2D eigenvalue weighted by Gasteiger charge is -2.25. The average Bonchev–Trinajstić information content (AvgIpc) is 3.14. The van der Waals surface area contributed by atoms with Gasteiger partial charge < -0.3 is 18.7 Å². The quantitative estimate of drug-likeness (QED) is 0.679. The third kappa shape index (κ3) is 5.19. The summed E-state index contributed by atoms with van der Waals surface area (Å²) in [6, 6.07) is 6.01. The molecule has 1 aromatic carbocycles. The molecule has 0 amide bonds. The number of nitrogens with zero attached hydrogens (tertiary/aromatic N) is 3. The zero-order chi connectivity index (χ0) is 18.2. The van der Waals surface area contributed by atoms with Gasteiger partial charge in [-0.25, -0.2) is 0 Å². The normalized spacial score (nSPS) is 15.2. The second-order valence-electron chi connectivity index (χ2n) is 6.33. The molecule has 0 bridgehead atoms. The van der Waals surface area contributed by atoms with Crippen LogP contribution in [-0.4, -0.2) is 55.0 Å². The Bertz CT molecular complexity index is 683. The Morgan fingerprint density at radius 2 is 2.00 bits per heavy atom.